The largest absolute Gasteiger partial charge is 0.420 e. The normalized spacial score (nSPS) is 15.2. The van der Waals surface area contributed by atoms with Crippen LogP contribution in [-0.2, 0) is 17.9 Å². The second-order valence-corrected chi connectivity index (χ2v) is 5.00. The third kappa shape index (κ3) is 2.22. The van der Waals surface area contributed by atoms with Crippen LogP contribution in [0.2, 0.25) is 0 Å². The highest BCUT2D eigenvalue weighted by Crippen LogP contribution is 2.16. The summed E-state index contributed by atoms with van der Waals surface area (Å²) in [6.45, 7) is 1.38. The Kier molecular flexibility index (Phi) is 3.31. The number of hydrogen-bond donors (Lipinski definition) is 1. The Bertz CT molecular complexity index is 695. The van der Waals surface area contributed by atoms with Crippen LogP contribution in [0.3, 0.4) is 0 Å². The van der Waals surface area contributed by atoms with Crippen LogP contribution >= 0.6 is 0 Å². The highest BCUT2D eigenvalue weighted by molar-refractivity contribution is 5.80. The molecule has 2 aromatic rings. The SMILES string of the molecule is O=C(Cn1c(=O)oc2ccc(CO)cc21)N1CCCC1. The van der Waals surface area contributed by atoms with Crippen molar-refractivity contribution in [2.24, 2.45) is 0 Å². The topological polar surface area (TPSA) is 75.7 Å². The number of rotatable bonds is 3. The lowest BCUT2D eigenvalue weighted by Crippen LogP contribution is -2.33. The molecule has 1 saturated heterocycles. The number of nitrogens with zero attached hydrogens (tertiary/aromatic N) is 2. The van der Waals surface area contributed by atoms with Crippen molar-refractivity contribution in [2.45, 2.75) is 26.0 Å². The number of oxazole rings is 1. The van der Waals surface area contributed by atoms with E-state index in [2.05, 4.69) is 0 Å². The van der Waals surface area contributed by atoms with Gasteiger partial charge in [-0.1, -0.05) is 6.07 Å². The van der Waals surface area contributed by atoms with Gasteiger partial charge in [0.15, 0.2) is 5.58 Å². The Morgan fingerprint density at radius 3 is 2.75 bits per heavy atom. The van der Waals surface area contributed by atoms with E-state index in [1.165, 1.54) is 4.57 Å². The van der Waals surface area contributed by atoms with Crippen LogP contribution in [0, 0.1) is 0 Å². The van der Waals surface area contributed by atoms with Crippen molar-refractivity contribution in [3.63, 3.8) is 0 Å². The smallest absolute Gasteiger partial charge is 0.408 e. The molecule has 1 aliphatic heterocycles. The quantitative estimate of drug-likeness (QED) is 0.895. The molecule has 3 rings (SSSR count). The molecule has 1 aliphatic rings. The molecule has 106 valence electrons. The number of likely N-dealkylation sites (tertiary alicyclic amines) is 1. The monoisotopic (exact) mass is 276 g/mol. The third-order valence-corrected chi connectivity index (χ3v) is 3.67. The van der Waals surface area contributed by atoms with E-state index in [9.17, 15) is 9.59 Å². The summed E-state index contributed by atoms with van der Waals surface area (Å²) in [5.74, 6) is -0.607. The first-order valence-corrected chi connectivity index (χ1v) is 6.70. The van der Waals surface area contributed by atoms with E-state index < -0.39 is 5.76 Å². The molecule has 1 aromatic carbocycles. The molecular formula is C14H16N2O4. The molecule has 0 atom stereocenters. The summed E-state index contributed by atoms with van der Waals surface area (Å²) >= 11 is 0. The number of amides is 1. The van der Waals surface area contributed by atoms with Crippen molar-refractivity contribution in [2.75, 3.05) is 13.1 Å². The maximum Gasteiger partial charge on any atom is 0.420 e. The number of carbonyl (C=O) groups excluding carboxylic acids is 1. The average molecular weight is 276 g/mol. The fourth-order valence-electron chi connectivity index (χ4n) is 2.56. The molecule has 0 saturated carbocycles. The van der Waals surface area contributed by atoms with Gasteiger partial charge in [0.05, 0.1) is 12.1 Å². The zero-order valence-electron chi connectivity index (χ0n) is 11.0. The first kappa shape index (κ1) is 12.9. The van der Waals surface area contributed by atoms with Crippen LogP contribution in [0.15, 0.2) is 27.4 Å². The van der Waals surface area contributed by atoms with E-state index in [4.69, 9.17) is 9.52 Å². The van der Waals surface area contributed by atoms with Crippen LogP contribution in [-0.4, -0.2) is 33.6 Å². The molecule has 6 nitrogen and oxygen atoms in total. The van der Waals surface area contributed by atoms with Gasteiger partial charge in [-0.25, -0.2) is 4.79 Å². The summed E-state index contributed by atoms with van der Waals surface area (Å²) in [4.78, 5) is 25.8. The molecule has 1 amide bonds. The van der Waals surface area contributed by atoms with Crippen LogP contribution in [0.1, 0.15) is 18.4 Å². The van der Waals surface area contributed by atoms with Crippen LogP contribution in [0.5, 0.6) is 0 Å². The summed E-state index contributed by atoms with van der Waals surface area (Å²) in [5, 5.41) is 9.16. The van der Waals surface area contributed by atoms with Crippen molar-refractivity contribution in [3.05, 3.63) is 34.3 Å². The minimum atomic E-state index is -0.539. The third-order valence-electron chi connectivity index (χ3n) is 3.67. The van der Waals surface area contributed by atoms with E-state index in [0.717, 1.165) is 25.9 Å². The molecule has 0 aliphatic carbocycles. The fraction of sp³-hybridized carbons (Fsp3) is 0.429. The average Bonchev–Trinajstić information content (AvgIpc) is 3.07. The molecule has 0 radical (unpaired) electrons. The molecule has 6 heteroatoms. The molecule has 1 fully saturated rings. The molecule has 2 heterocycles. The molecular weight excluding hydrogens is 260 g/mol. The Labute approximate surface area is 115 Å². The van der Waals surface area contributed by atoms with Crippen molar-refractivity contribution < 1.29 is 14.3 Å². The first-order valence-electron chi connectivity index (χ1n) is 6.70. The highest BCUT2D eigenvalue weighted by atomic mass is 16.4. The predicted molar refractivity (Wildman–Crippen MR) is 72.2 cm³/mol. The zero-order chi connectivity index (χ0) is 14.1. The van der Waals surface area contributed by atoms with E-state index in [1.54, 1.807) is 23.1 Å². The summed E-state index contributed by atoms with van der Waals surface area (Å²) in [7, 11) is 0. The standard InChI is InChI=1S/C14H16N2O4/c17-9-10-3-4-12-11(7-10)16(14(19)20-12)8-13(18)15-5-1-2-6-15/h3-4,7,17H,1-2,5-6,8-9H2. The summed E-state index contributed by atoms with van der Waals surface area (Å²) < 4.78 is 6.45. The van der Waals surface area contributed by atoms with E-state index in [1.807, 2.05) is 0 Å². The number of aliphatic hydroxyl groups excluding tert-OH is 1. The molecule has 0 spiro atoms. The minimum absolute atomic E-state index is 0.0132. The maximum absolute atomic E-state index is 12.1. The molecule has 1 aromatic heterocycles. The van der Waals surface area contributed by atoms with Crippen molar-refractivity contribution in [3.8, 4) is 0 Å². The highest BCUT2D eigenvalue weighted by Gasteiger charge is 2.20. The van der Waals surface area contributed by atoms with E-state index >= 15 is 0 Å². The number of fused-ring (bicyclic) bond motifs is 1. The Morgan fingerprint density at radius 1 is 1.30 bits per heavy atom. The summed E-state index contributed by atoms with van der Waals surface area (Å²) in [5.41, 5.74) is 1.66. The van der Waals surface area contributed by atoms with Crippen LogP contribution < -0.4 is 5.76 Å². The van der Waals surface area contributed by atoms with Crippen molar-refractivity contribution >= 4 is 17.0 Å². The minimum Gasteiger partial charge on any atom is -0.408 e. The van der Waals surface area contributed by atoms with Crippen molar-refractivity contribution in [1.29, 1.82) is 0 Å². The lowest BCUT2D eigenvalue weighted by Gasteiger charge is -2.15. The van der Waals surface area contributed by atoms with Gasteiger partial charge in [0.2, 0.25) is 5.91 Å². The first-order chi connectivity index (χ1) is 9.69. The number of benzene rings is 1. The van der Waals surface area contributed by atoms with Crippen LogP contribution in [0.4, 0.5) is 0 Å². The predicted octanol–water partition coefficient (Wildman–Crippen LogP) is 0.709. The van der Waals surface area contributed by atoms with Gasteiger partial charge in [-0.15, -0.1) is 0 Å². The molecule has 1 N–H and O–H groups in total. The zero-order valence-corrected chi connectivity index (χ0v) is 11.0. The van der Waals surface area contributed by atoms with Gasteiger partial charge in [-0.2, -0.15) is 0 Å². The molecule has 0 bridgehead atoms. The number of aromatic nitrogens is 1. The van der Waals surface area contributed by atoms with Gasteiger partial charge in [0.25, 0.3) is 0 Å². The second-order valence-electron chi connectivity index (χ2n) is 5.00. The number of hydrogen-bond acceptors (Lipinski definition) is 4. The Balaban J connectivity index is 1.95. The van der Waals surface area contributed by atoms with E-state index in [0.29, 0.717) is 16.7 Å². The number of aliphatic hydroxyl groups is 1. The lowest BCUT2D eigenvalue weighted by molar-refractivity contribution is -0.130. The molecule has 20 heavy (non-hydrogen) atoms. The Hall–Kier alpha value is -2.08. The van der Waals surface area contributed by atoms with E-state index in [-0.39, 0.29) is 19.1 Å². The number of carbonyl (C=O) groups is 1. The van der Waals surface area contributed by atoms with Crippen molar-refractivity contribution in [1.82, 2.24) is 9.47 Å². The maximum atomic E-state index is 12.1. The fourth-order valence-corrected chi connectivity index (χ4v) is 2.56. The molecule has 0 unspecified atom stereocenters. The van der Waals surface area contributed by atoms with Gasteiger partial charge < -0.3 is 14.4 Å². The lowest BCUT2D eigenvalue weighted by atomic mass is 10.2. The summed E-state index contributed by atoms with van der Waals surface area (Å²) in [6, 6.07) is 5.01. The van der Waals surface area contributed by atoms with Crippen LogP contribution in [0.25, 0.3) is 11.1 Å². The van der Waals surface area contributed by atoms with Gasteiger partial charge >= 0.3 is 5.76 Å². The van der Waals surface area contributed by atoms with Gasteiger partial charge in [-0.05, 0) is 30.5 Å². The second kappa shape index (κ2) is 5.13. The Morgan fingerprint density at radius 2 is 2.05 bits per heavy atom. The van der Waals surface area contributed by atoms with Gasteiger partial charge in [-0.3, -0.25) is 9.36 Å². The van der Waals surface area contributed by atoms with Gasteiger partial charge in [0.1, 0.15) is 6.54 Å². The summed E-state index contributed by atoms with van der Waals surface area (Å²) in [6.07, 6.45) is 2.03. The van der Waals surface area contributed by atoms with Gasteiger partial charge in [0, 0.05) is 13.1 Å².